The summed E-state index contributed by atoms with van der Waals surface area (Å²) < 4.78 is 0. The van der Waals surface area contributed by atoms with Crippen molar-refractivity contribution in [2.24, 2.45) is 11.8 Å². The molecular formula is C14H20ClN. The van der Waals surface area contributed by atoms with Crippen LogP contribution in [-0.2, 0) is 0 Å². The number of benzene rings is 1. The summed E-state index contributed by atoms with van der Waals surface area (Å²) >= 11 is 6.18. The first-order valence-electron chi connectivity index (χ1n) is 6.19. The summed E-state index contributed by atoms with van der Waals surface area (Å²) in [5, 5.41) is 4.44. The molecular weight excluding hydrogens is 218 g/mol. The Hall–Kier alpha value is -0.690. The maximum absolute atomic E-state index is 6.18. The molecule has 0 heterocycles. The minimum absolute atomic E-state index is 0.564. The highest BCUT2D eigenvalue weighted by Crippen LogP contribution is 2.32. The van der Waals surface area contributed by atoms with Crippen LogP contribution in [0, 0.1) is 11.8 Å². The van der Waals surface area contributed by atoms with Crippen LogP contribution in [-0.4, -0.2) is 6.04 Å². The number of rotatable bonds is 2. The van der Waals surface area contributed by atoms with Crippen LogP contribution < -0.4 is 5.32 Å². The minimum Gasteiger partial charge on any atom is -0.381 e. The highest BCUT2D eigenvalue weighted by Gasteiger charge is 2.27. The van der Waals surface area contributed by atoms with Gasteiger partial charge in [0, 0.05) is 6.04 Å². The van der Waals surface area contributed by atoms with E-state index in [1.165, 1.54) is 19.3 Å². The van der Waals surface area contributed by atoms with Gasteiger partial charge in [-0.2, -0.15) is 0 Å². The fourth-order valence-corrected chi connectivity index (χ4v) is 2.91. The van der Waals surface area contributed by atoms with E-state index >= 15 is 0 Å². The Kier molecular flexibility index (Phi) is 3.75. The lowest BCUT2D eigenvalue weighted by Crippen LogP contribution is -2.37. The summed E-state index contributed by atoms with van der Waals surface area (Å²) in [5.74, 6) is 1.47. The predicted molar refractivity (Wildman–Crippen MR) is 71.0 cm³/mol. The van der Waals surface area contributed by atoms with Gasteiger partial charge in [-0.3, -0.25) is 0 Å². The van der Waals surface area contributed by atoms with E-state index < -0.39 is 0 Å². The van der Waals surface area contributed by atoms with Crippen LogP contribution in [0.25, 0.3) is 0 Å². The molecule has 0 bridgehead atoms. The average molecular weight is 238 g/mol. The summed E-state index contributed by atoms with van der Waals surface area (Å²) in [6.45, 7) is 4.67. The molecule has 1 aliphatic rings. The van der Waals surface area contributed by atoms with Crippen molar-refractivity contribution in [3.8, 4) is 0 Å². The smallest absolute Gasteiger partial charge is 0.0637 e. The predicted octanol–water partition coefficient (Wildman–Crippen LogP) is 4.58. The number of anilines is 1. The fourth-order valence-electron chi connectivity index (χ4n) is 2.72. The van der Waals surface area contributed by atoms with Crippen molar-refractivity contribution in [2.75, 3.05) is 5.32 Å². The highest BCUT2D eigenvalue weighted by atomic mass is 35.5. The maximum atomic E-state index is 6.18. The van der Waals surface area contributed by atoms with Gasteiger partial charge in [0.2, 0.25) is 0 Å². The highest BCUT2D eigenvalue weighted by molar-refractivity contribution is 6.33. The third kappa shape index (κ3) is 2.52. The van der Waals surface area contributed by atoms with Gasteiger partial charge in [0.25, 0.3) is 0 Å². The van der Waals surface area contributed by atoms with Gasteiger partial charge in [-0.1, -0.05) is 44.0 Å². The van der Waals surface area contributed by atoms with E-state index in [1.54, 1.807) is 0 Å². The van der Waals surface area contributed by atoms with E-state index in [1.807, 2.05) is 18.2 Å². The summed E-state index contributed by atoms with van der Waals surface area (Å²) in [5.41, 5.74) is 1.08. The number of halogens is 1. The molecule has 0 spiro atoms. The molecule has 2 heteroatoms. The molecule has 2 unspecified atom stereocenters. The van der Waals surface area contributed by atoms with E-state index in [-0.39, 0.29) is 0 Å². The van der Waals surface area contributed by atoms with E-state index in [0.29, 0.717) is 6.04 Å². The summed E-state index contributed by atoms with van der Waals surface area (Å²) in [7, 11) is 0. The van der Waals surface area contributed by atoms with Crippen molar-refractivity contribution in [2.45, 2.75) is 39.2 Å². The number of hydrogen-bond acceptors (Lipinski definition) is 1. The molecule has 88 valence electrons. The van der Waals surface area contributed by atoms with Gasteiger partial charge >= 0.3 is 0 Å². The van der Waals surface area contributed by atoms with E-state index in [2.05, 4.69) is 25.2 Å². The molecule has 1 nitrogen and oxygen atoms in total. The van der Waals surface area contributed by atoms with Crippen molar-refractivity contribution in [3.63, 3.8) is 0 Å². The second kappa shape index (κ2) is 5.09. The van der Waals surface area contributed by atoms with Crippen molar-refractivity contribution in [3.05, 3.63) is 29.3 Å². The van der Waals surface area contributed by atoms with Crippen molar-refractivity contribution in [1.29, 1.82) is 0 Å². The molecule has 1 aromatic rings. The molecule has 0 radical (unpaired) electrons. The third-order valence-electron chi connectivity index (χ3n) is 3.74. The molecule has 16 heavy (non-hydrogen) atoms. The Morgan fingerprint density at radius 1 is 1.12 bits per heavy atom. The quantitative estimate of drug-likeness (QED) is 0.794. The Labute approximate surface area is 103 Å². The normalized spacial score (nSPS) is 30.1. The van der Waals surface area contributed by atoms with Crippen molar-refractivity contribution < 1.29 is 0 Å². The van der Waals surface area contributed by atoms with Gasteiger partial charge in [0.15, 0.2) is 0 Å². The van der Waals surface area contributed by atoms with Gasteiger partial charge in [-0.15, -0.1) is 0 Å². The van der Waals surface area contributed by atoms with Crippen LogP contribution in [0.3, 0.4) is 0 Å². The van der Waals surface area contributed by atoms with Crippen LogP contribution >= 0.6 is 11.6 Å². The molecule has 0 aliphatic heterocycles. The Bertz CT molecular complexity index is 340. The van der Waals surface area contributed by atoms with Gasteiger partial charge in [-0.05, 0) is 36.8 Å². The minimum atomic E-state index is 0.564. The van der Waals surface area contributed by atoms with E-state index in [4.69, 9.17) is 11.6 Å². The molecule has 0 aromatic heterocycles. The zero-order valence-corrected chi connectivity index (χ0v) is 10.8. The number of para-hydroxylation sites is 1. The Morgan fingerprint density at radius 2 is 1.75 bits per heavy atom. The molecule has 1 saturated carbocycles. The molecule has 2 atom stereocenters. The van der Waals surface area contributed by atoms with Crippen LogP contribution in [0.5, 0.6) is 0 Å². The summed E-state index contributed by atoms with van der Waals surface area (Å²) in [6, 6.07) is 8.58. The molecule has 1 aliphatic carbocycles. The molecule has 1 N–H and O–H groups in total. The average Bonchev–Trinajstić information content (AvgIpc) is 2.26. The van der Waals surface area contributed by atoms with Gasteiger partial charge < -0.3 is 5.32 Å². The topological polar surface area (TPSA) is 12.0 Å². The second-order valence-electron chi connectivity index (χ2n) is 5.04. The monoisotopic (exact) mass is 237 g/mol. The standard InChI is InChI=1S/C14H20ClN/c1-10-6-5-7-11(2)14(10)16-13-9-4-3-8-12(13)15/h3-4,8-11,14,16H,5-7H2,1-2H3. The van der Waals surface area contributed by atoms with Crippen molar-refractivity contribution >= 4 is 17.3 Å². The van der Waals surface area contributed by atoms with E-state index in [0.717, 1.165) is 22.5 Å². The van der Waals surface area contributed by atoms with Crippen LogP contribution in [0.4, 0.5) is 5.69 Å². The molecule has 0 amide bonds. The molecule has 2 rings (SSSR count). The van der Waals surface area contributed by atoms with Crippen LogP contribution in [0.15, 0.2) is 24.3 Å². The van der Waals surface area contributed by atoms with Crippen molar-refractivity contribution in [1.82, 2.24) is 0 Å². The summed E-state index contributed by atoms with van der Waals surface area (Å²) in [6.07, 6.45) is 4.02. The zero-order valence-electron chi connectivity index (χ0n) is 10.0. The largest absolute Gasteiger partial charge is 0.381 e. The Morgan fingerprint density at radius 3 is 2.38 bits per heavy atom. The van der Waals surface area contributed by atoms with Gasteiger partial charge in [0.05, 0.1) is 10.7 Å². The van der Waals surface area contributed by atoms with Gasteiger partial charge in [-0.25, -0.2) is 0 Å². The van der Waals surface area contributed by atoms with Crippen LogP contribution in [0.1, 0.15) is 33.1 Å². The van der Waals surface area contributed by atoms with E-state index in [9.17, 15) is 0 Å². The summed E-state index contributed by atoms with van der Waals surface area (Å²) in [4.78, 5) is 0. The third-order valence-corrected chi connectivity index (χ3v) is 4.07. The lowest BCUT2D eigenvalue weighted by Gasteiger charge is -2.36. The molecule has 0 saturated heterocycles. The fraction of sp³-hybridized carbons (Fsp3) is 0.571. The number of hydrogen-bond donors (Lipinski definition) is 1. The Balaban J connectivity index is 2.11. The molecule has 1 aromatic carbocycles. The lowest BCUT2D eigenvalue weighted by atomic mass is 9.78. The SMILES string of the molecule is CC1CCCC(C)C1Nc1ccccc1Cl. The first-order chi connectivity index (χ1) is 7.68. The maximum Gasteiger partial charge on any atom is 0.0637 e. The van der Waals surface area contributed by atoms with Gasteiger partial charge in [0.1, 0.15) is 0 Å². The first-order valence-corrected chi connectivity index (χ1v) is 6.57. The zero-order chi connectivity index (χ0) is 11.5. The lowest BCUT2D eigenvalue weighted by molar-refractivity contribution is 0.268. The number of nitrogens with one attached hydrogen (secondary N) is 1. The first kappa shape index (κ1) is 11.8. The van der Waals surface area contributed by atoms with Crippen LogP contribution in [0.2, 0.25) is 5.02 Å². The second-order valence-corrected chi connectivity index (χ2v) is 5.44. The molecule has 1 fully saturated rings.